The van der Waals surface area contributed by atoms with Gasteiger partial charge in [0.05, 0.1) is 30.2 Å². The van der Waals surface area contributed by atoms with Gasteiger partial charge in [0.15, 0.2) is 20.0 Å². The number of esters is 3. The van der Waals surface area contributed by atoms with Gasteiger partial charge in [-0.15, -0.1) is 0 Å². The Morgan fingerprint density at radius 2 is 1.42 bits per heavy atom. The van der Waals surface area contributed by atoms with Crippen molar-refractivity contribution in [3.63, 3.8) is 0 Å². The summed E-state index contributed by atoms with van der Waals surface area (Å²) in [7, 11) is -2.82. The van der Waals surface area contributed by atoms with Crippen LogP contribution in [-0.4, -0.2) is 90.7 Å². The highest BCUT2D eigenvalue weighted by Crippen LogP contribution is 2.67. The molecule has 3 N–H and O–H groups in total. The van der Waals surface area contributed by atoms with Gasteiger partial charge in [0.2, 0.25) is 0 Å². The monoisotopic (exact) mass is 923 g/mol. The van der Waals surface area contributed by atoms with E-state index in [1.807, 2.05) is 91.0 Å². The van der Waals surface area contributed by atoms with Crippen molar-refractivity contribution < 1.29 is 52.8 Å². The summed E-state index contributed by atoms with van der Waals surface area (Å²) in [6.45, 7) is 23.0. The van der Waals surface area contributed by atoms with Crippen LogP contribution in [-0.2, 0) is 33.0 Å². The lowest BCUT2D eigenvalue weighted by molar-refractivity contribution is -0.356. The maximum atomic E-state index is 15.4. The molecule has 2 unspecified atom stereocenters. The van der Waals surface area contributed by atoms with Crippen molar-refractivity contribution in [2.24, 2.45) is 28.6 Å². The van der Waals surface area contributed by atoms with Crippen LogP contribution >= 0.6 is 0 Å². The maximum absolute atomic E-state index is 15.4. The van der Waals surface area contributed by atoms with Crippen LogP contribution in [0.25, 0.3) is 0 Å². The fraction of sp³-hybridized carbons (Fsp3) is 0.547. The van der Waals surface area contributed by atoms with Crippen molar-refractivity contribution >= 4 is 32.1 Å². The van der Waals surface area contributed by atoms with Gasteiger partial charge < -0.3 is 38.9 Å². The minimum absolute atomic E-state index is 0.0383. The van der Waals surface area contributed by atoms with Gasteiger partial charge in [0.1, 0.15) is 23.9 Å². The number of fused-ring (bicyclic) bond motifs is 5. The van der Waals surface area contributed by atoms with Crippen LogP contribution in [0.15, 0.2) is 102 Å². The molecule has 0 spiro atoms. The number of nitrogens with one attached hydrogen (secondary N) is 1. The number of ether oxygens (including phenoxy) is 4. The number of aliphatic hydroxyl groups is 2. The molecule has 356 valence electrons. The Hall–Kier alpha value is -4.66. The van der Waals surface area contributed by atoms with Crippen molar-refractivity contribution in [1.82, 2.24) is 5.32 Å². The minimum atomic E-state index is -2.82. The van der Waals surface area contributed by atoms with Crippen LogP contribution in [0.3, 0.4) is 0 Å². The lowest BCUT2D eigenvalue weighted by Gasteiger charge is -2.69. The zero-order chi connectivity index (χ0) is 48.4. The summed E-state index contributed by atoms with van der Waals surface area (Å²) in [6.07, 6.45) is -5.45. The average molecular weight is 924 g/mol. The third kappa shape index (κ3) is 8.26. The molecule has 12 atom stereocenters. The van der Waals surface area contributed by atoms with E-state index in [0.29, 0.717) is 28.7 Å². The third-order valence-corrected chi connectivity index (χ3v) is 20.9. The molecule has 0 radical (unpaired) electrons. The molecule has 2 bridgehead atoms. The van der Waals surface area contributed by atoms with E-state index in [2.05, 4.69) is 26.1 Å². The quantitative estimate of drug-likeness (QED) is 0.0730. The van der Waals surface area contributed by atoms with Crippen molar-refractivity contribution in [3.8, 4) is 0 Å². The third-order valence-electron chi connectivity index (χ3n) is 16.5. The average Bonchev–Trinajstić information content (AvgIpc) is 3.26. The molecule has 3 aromatic rings. The summed E-state index contributed by atoms with van der Waals surface area (Å²) < 4.78 is 33.0. The van der Waals surface area contributed by atoms with E-state index in [1.165, 1.54) is 6.92 Å². The van der Waals surface area contributed by atoms with Crippen molar-refractivity contribution in [3.05, 3.63) is 119 Å². The van der Waals surface area contributed by atoms with Gasteiger partial charge >= 0.3 is 17.9 Å². The lowest BCUT2D eigenvalue weighted by Crippen LogP contribution is -2.80. The standard InChI is InChI=1S/C53H69NO11Si/c1-31-28-39-52(30-61-39,64-34(4)55)43-45(63-47(58)37-26-20-15-21-27-37)53(60)29-38(32(2)40(50(53,8)9)33(3)44(56)51(31,43)10)62-48(59)42(65-66(11,12)49(5,6)7)41(35-22-16-13-17-23-35)54-46(57)36-24-18-14-19-25-36/h13-27,31,33,38-39,41-45,56,60H,28-30H2,1-12H3,(H,54,57)/t31-,33-,38?,39?,41-,42+,43-,44-,45-,51+,52-,53+/m0/s1. The molecule has 3 aromatic carbocycles. The van der Waals surface area contributed by atoms with E-state index in [4.69, 9.17) is 23.4 Å². The Balaban J connectivity index is 1.40. The summed E-state index contributed by atoms with van der Waals surface area (Å²) in [4.78, 5) is 57.1. The molecule has 13 heteroatoms. The van der Waals surface area contributed by atoms with Gasteiger partial charge in [-0.25, -0.2) is 9.59 Å². The first kappa shape index (κ1) is 49.2. The molecular weight excluding hydrogens is 855 g/mol. The Kier molecular flexibility index (Phi) is 13.3. The summed E-state index contributed by atoms with van der Waals surface area (Å²) >= 11 is 0. The Morgan fingerprint density at radius 1 is 0.864 bits per heavy atom. The first-order valence-corrected chi connectivity index (χ1v) is 26.2. The van der Waals surface area contributed by atoms with Gasteiger partial charge in [-0.2, -0.15) is 0 Å². The second kappa shape index (κ2) is 17.8. The van der Waals surface area contributed by atoms with Gasteiger partial charge in [0, 0.05) is 35.7 Å². The fourth-order valence-electron chi connectivity index (χ4n) is 11.6. The highest BCUT2D eigenvalue weighted by Gasteiger charge is 2.77. The molecule has 1 amide bonds. The smallest absolute Gasteiger partial charge is 0.338 e. The van der Waals surface area contributed by atoms with E-state index in [1.54, 1.807) is 54.6 Å². The Bertz CT molecular complexity index is 2330. The van der Waals surface area contributed by atoms with Crippen molar-refractivity contribution in [1.29, 1.82) is 0 Å². The second-order valence-electron chi connectivity index (χ2n) is 21.6. The SMILES string of the molecule is CC(=O)O[C@@]12COC1C[C@H](C)[C@@]1(C)[C@@H](O)[C@@H](C)C3=C(C)C(OC(=O)[C@H](O[Si](C)(C)C(C)(C)C)[C@@H](NC(=O)c4ccccc4)c4ccccc4)C[C@@](O)([C@@H](OC(=O)c4ccccc4)[C@@H]12)C3(C)C. The fourth-order valence-corrected chi connectivity index (χ4v) is 12.8. The van der Waals surface area contributed by atoms with E-state index in [9.17, 15) is 24.6 Å². The van der Waals surface area contributed by atoms with Crippen LogP contribution < -0.4 is 5.32 Å². The Morgan fingerprint density at radius 3 is 1.95 bits per heavy atom. The van der Waals surface area contributed by atoms with E-state index in [-0.39, 0.29) is 29.5 Å². The van der Waals surface area contributed by atoms with Crippen LogP contribution in [0.4, 0.5) is 0 Å². The molecule has 1 aliphatic heterocycles. The number of amides is 1. The molecule has 2 saturated carbocycles. The minimum Gasteiger partial charge on any atom is -0.456 e. The molecule has 12 nitrogen and oxygen atoms in total. The molecule has 0 aromatic heterocycles. The number of rotatable bonds is 11. The second-order valence-corrected chi connectivity index (χ2v) is 26.3. The number of carbonyl (C=O) groups excluding carboxylic acids is 4. The first-order chi connectivity index (χ1) is 30.8. The predicted octanol–water partition coefficient (Wildman–Crippen LogP) is 8.54. The van der Waals surface area contributed by atoms with Gasteiger partial charge in [-0.05, 0) is 72.8 Å². The topological polar surface area (TPSA) is 167 Å². The lowest BCUT2D eigenvalue weighted by atomic mass is 9.42. The molecular formula is C53H69NO11Si. The number of benzene rings is 3. The number of aliphatic hydroxyl groups excluding tert-OH is 1. The summed E-state index contributed by atoms with van der Waals surface area (Å²) in [5.41, 5.74) is -3.19. The van der Waals surface area contributed by atoms with E-state index >= 15 is 4.79 Å². The molecule has 4 aliphatic rings. The zero-order valence-corrected chi connectivity index (χ0v) is 41.5. The largest absolute Gasteiger partial charge is 0.456 e. The predicted molar refractivity (Wildman–Crippen MR) is 252 cm³/mol. The van der Waals surface area contributed by atoms with Crippen molar-refractivity contribution in [2.45, 2.75) is 148 Å². The molecule has 1 heterocycles. The first-order valence-electron chi connectivity index (χ1n) is 23.3. The zero-order valence-electron chi connectivity index (χ0n) is 40.5. The number of carbonyl (C=O) groups is 4. The molecule has 3 fully saturated rings. The van der Waals surface area contributed by atoms with Crippen molar-refractivity contribution in [2.75, 3.05) is 6.61 Å². The highest BCUT2D eigenvalue weighted by molar-refractivity contribution is 6.74. The Labute approximate surface area is 390 Å². The summed E-state index contributed by atoms with van der Waals surface area (Å²) in [6, 6.07) is 25.4. The van der Waals surface area contributed by atoms with Crippen LogP contribution in [0.5, 0.6) is 0 Å². The molecule has 7 rings (SSSR count). The molecule has 66 heavy (non-hydrogen) atoms. The van der Waals surface area contributed by atoms with Crippen LogP contribution in [0.2, 0.25) is 18.1 Å². The van der Waals surface area contributed by atoms with Gasteiger partial charge in [-0.1, -0.05) is 128 Å². The number of hydrogen-bond acceptors (Lipinski definition) is 11. The molecule has 3 aliphatic carbocycles. The van der Waals surface area contributed by atoms with Gasteiger partial charge in [0.25, 0.3) is 5.91 Å². The number of hydrogen-bond donors (Lipinski definition) is 3. The van der Waals surface area contributed by atoms with E-state index in [0.717, 1.165) is 0 Å². The van der Waals surface area contributed by atoms with E-state index < -0.39 is 103 Å². The van der Waals surface area contributed by atoms with Crippen LogP contribution in [0.1, 0.15) is 114 Å². The van der Waals surface area contributed by atoms with Gasteiger partial charge in [-0.3, -0.25) is 9.59 Å². The summed E-state index contributed by atoms with van der Waals surface area (Å²) in [5, 5.41) is 29.8. The normalized spacial score (nSPS) is 32.4. The summed E-state index contributed by atoms with van der Waals surface area (Å²) in [5.74, 6) is -4.36. The highest BCUT2D eigenvalue weighted by atomic mass is 28.4. The van der Waals surface area contributed by atoms with Crippen LogP contribution in [0, 0.1) is 28.6 Å². The molecule has 1 saturated heterocycles. The maximum Gasteiger partial charge on any atom is 0.338 e.